The summed E-state index contributed by atoms with van der Waals surface area (Å²) < 4.78 is 0. The number of hydrogen-bond acceptors (Lipinski definition) is 4. The maximum atomic E-state index is 13.1. The monoisotopic (exact) mass is 361 g/mol. The number of aliphatic hydroxyl groups excluding tert-OH is 1. The van der Waals surface area contributed by atoms with Gasteiger partial charge in [-0.2, -0.15) is 0 Å². The molecule has 0 aliphatic carbocycles. The van der Waals surface area contributed by atoms with E-state index in [-0.39, 0.29) is 11.5 Å². The van der Waals surface area contributed by atoms with E-state index < -0.39 is 16.9 Å². The molecule has 5 nitrogen and oxygen atoms in total. The molecule has 3 aromatic carbocycles. The second-order valence-corrected chi connectivity index (χ2v) is 6.32. The molecule has 27 heavy (non-hydrogen) atoms. The lowest BCUT2D eigenvalue weighted by molar-refractivity contribution is -0.384. The van der Waals surface area contributed by atoms with Gasteiger partial charge in [0.25, 0.3) is 5.69 Å². The number of rotatable bonds is 7. The number of nitro groups is 1. The molecule has 0 fully saturated rings. The van der Waals surface area contributed by atoms with E-state index in [1.165, 1.54) is 24.3 Å². The highest BCUT2D eigenvalue weighted by Gasteiger charge is 2.29. The lowest BCUT2D eigenvalue weighted by atomic mass is 9.84. The Bertz CT molecular complexity index is 908. The fourth-order valence-electron chi connectivity index (χ4n) is 3.06. The summed E-state index contributed by atoms with van der Waals surface area (Å²) in [5.41, 5.74) is 1.89. The zero-order chi connectivity index (χ0) is 19.2. The van der Waals surface area contributed by atoms with Gasteiger partial charge in [-0.25, -0.2) is 0 Å². The molecule has 0 radical (unpaired) electrons. The second kappa shape index (κ2) is 8.38. The summed E-state index contributed by atoms with van der Waals surface area (Å²) in [7, 11) is 0. The second-order valence-electron chi connectivity index (χ2n) is 6.32. The topological polar surface area (TPSA) is 80.4 Å². The number of carbonyl (C=O) groups is 1. The third-order valence-electron chi connectivity index (χ3n) is 4.52. The number of benzene rings is 3. The Balaban J connectivity index is 1.92. The molecule has 3 aromatic rings. The summed E-state index contributed by atoms with van der Waals surface area (Å²) in [5, 5.41) is 21.8. The Hall–Kier alpha value is -3.31. The smallest absolute Gasteiger partial charge is 0.269 e. The Morgan fingerprint density at radius 3 is 2.00 bits per heavy atom. The van der Waals surface area contributed by atoms with Crippen LogP contribution in [0.4, 0.5) is 5.69 Å². The molecule has 0 saturated carbocycles. The Kier molecular flexibility index (Phi) is 5.74. The van der Waals surface area contributed by atoms with E-state index in [1.54, 1.807) is 24.3 Å². The third-order valence-corrected chi connectivity index (χ3v) is 4.52. The van der Waals surface area contributed by atoms with Crippen LogP contribution in [0.2, 0.25) is 0 Å². The molecule has 0 heterocycles. The van der Waals surface area contributed by atoms with Crippen molar-refractivity contribution in [1.29, 1.82) is 0 Å². The number of hydrogen-bond donors (Lipinski definition) is 1. The van der Waals surface area contributed by atoms with Crippen LogP contribution in [0.3, 0.4) is 0 Å². The highest BCUT2D eigenvalue weighted by molar-refractivity contribution is 5.98. The van der Waals surface area contributed by atoms with Crippen LogP contribution >= 0.6 is 0 Å². The summed E-state index contributed by atoms with van der Waals surface area (Å²) in [6.45, 7) is 0. The molecule has 0 aromatic heterocycles. The van der Waals surface area contributed by atoms with Gasteiger partial charge in [-0.3, -0.25) is 14.9 Å². The van der Waals surface area contributed by atoms with Crippen molar-refractivity contribution < 1.29 is 14.8 Å². The molecule has 2 atom stereocenters. The van der Waals surface area contributed by atoms with Gasteiger partial charge >= 0.3 is 0 Å². The van der Waals surface area contributed by atoms with E-state index in [9.17, 15) is 20.0 Å². The molecule has 1 N–H and O–H groups in total. The van der Waals surface area contributed by atoms with E-state index in [0.717, 1.165) is 5.56 Å². The molecule has 136 valence electrons. The fraction of sp³-hybridized carbons (Fsp3) is 0.136. The number of carbonyl (C=O) groups excluding carboxylic acids is 1. The van der Waals surface area contributed by atoms with Gasteiger partial charge in [0.05, 0.1) is 16.9 Å². The van der Waals surface area contributed by atoms with Crippen LogP contribution in [-0.2, 0) is 6.42 Å². The predicted octanol–water partition coefficient (Wildman–Crippen LogP) is 4.37. The molecular weight excluding hydrogens is 342 g/mol. The zero-order valence-electron chi connectivity index (χ0n) is 14.6. The van der Waals surface area contributed by atoms with Crippen LogP contribution in [-0.4, -0.2) is 15.8 Å². The number of non-ortho nitro benzene ring substituents is 1. The molecule has 2 unspecified atom stereocenters. The summed E-state index contributed by atoms with van der Waals surface area (Å²) in [4.78, 5) is 23.4. The van der Waals surface area contributed by atoms with Crippen LogP contribution in [0.5, 0.6) is 0 Å². The van der Waals surface area contributed by atoms with Crippen LogP contribution in [0.25, 0.3) is 0 Å². The van der Waals surface area contributed by atoms with Crippen molar-refractivity contribution in [3.05, 3.63) is 112 Å². The first-order valence-electron chi connectivity index (χ1n) is 8.62. The minimum atomic E-state index is -1.07. The van der Waals surface area contributed by atoms with Gasteiger partial charge in [0, 0.05) is 17.7 Å². The zero-order valence-corrected chi connectivity index (χ0v) is 14.6. The van der Waals surface area contributed by atoms with Crippen molar-refractivity contribution >= 4 is 11.5 Å². The molecule has 0 aliphatic heterocycles. The molecule has 0 spiro atoms. The average Bonchev–Trinajstić information content (AvgIpc) is 2.72. The van der Waals surface area contributed by atoms with Gasteiger partial charge in [-0.15, -0.1) is 0 Å². The third kappa shape index (κ3) is 4.46. The maximum absolute atomic E-state index is 13.1. The van der Waals surface area contributed by atoms with Gasteiger partial charge in [0.2, 0.25) is 0 Å². The lowest BCUT2D eigenvalue weighted by Gasteiger charge is -2.22. The minimum Gasteiger partial charge on any atom is -0.388 e. The molecule has 0 saturated heterocycles. The first-order chi connectivity index (χ1) is 13.1. The van der Waals surface area contributed by atoms with Crippen molar-refractivity contribution in [2.75, 3.05) is 0 Å². The Morgan fingerprint density at radius 1 is 0.889 bits per heavy atom. The van der Waals surface area contributed by atoms with Crippen LogP contribution in [0, 0.1) is 16.0 Å². The summed E-state index contributed by atoms with van der Waals surface area (Å²) in [5.74, 6) is -0.860. The van der Waals surface area contributed by atoms with Gasteiger partial charge in [0.15, 0.2) is 5.78 Å². The average molecular weight is 361 g/mol. The van der Waals surface area contributed by atoms with E-state index >= 15 is 0 Å². The van der Waals surface area contributed by atoms with Crippen LogP contribution in [0.15, 0.2) is 84.9 Å². The summed E-state index contributed by atoms with van der Waals surface area (Å²) in [6, 6.07) is 24.0. The number of aliphatic hydroxyl groups is 1. The molecule has 0 aliphatic rings. The highest BCUT2D eigenvalue weighted by Crippen LogP contribution is 2.29. The lowest BCUT2D eigenvalue weighted by Crippen LogP contribution is -2.25. The quantitative estimate of drug-likeness (QED) is 0.385. The number of ketones is 1. The van der Waals surface area contributed by atoms with Gasteiger partial charge in [0.1, 0.15) is 0 Å². The normalized spacial score (nSPS) is 12.9. The number of nitrogens with zero attached hydrogens (tertiary/aromatic N) is 1. The van der Waals surface area contributed by atoms with E-state index in [2.05, 4.69) is 0 Å². The molecular formula is C22H19NO4. The van der Waals surface area contributed by atoms with Crippen molar-refractivity contribution in [2.24, 2.45) is 5.92 Å². The number of nitro benzene ring substituents is 1. The van der Waals surface area contributed by atoms with Gasteiger partial charge in [-0.05, 0) is 29.7 Å². The largest absolute Gasteiger partial charge is 0.388 e. The Morgan fingerprint density at radius 2 is 1.44 bits per heavy atom. The van der Waals surface area contributed by atoms with E-state index in [0.29, 0.717) is 17.5 Å². The standard InChI is InChI=1S/C22H19NO4/c24-21(17-9-5-2-6-10-17)20(15-16-7-3-1-4-8-16)22(25)18-11-13-19(14-12-18)23(26)27/h1-14,20,22,25H,15H2. The minimum absolute atomic E-state index is 0.0556. The summed E-state index contributed by atoms with van der Waals surface area (Å²) in [6.07, 6.45) is -0.703. The van der Waals surface area contributed by atoms with Crippen LogP contribution < -0.4 is 0 Å². The number of Topliss-reactive ketones (excluding diaryl/α,β-unsaturated/α-hetero) is 1. The molecule has 0 amide bonds. The van der Waals surface area contributed by atoms with Crippen molar-refractivity contribution in [3.63, 3.8) is 0 Å². The molecule has 0 bridgehead atoms. The predicted molar refractivity (Wildman–Crippen MR) is 102 cm³/mol. The SMILES string of the molecule is O=C(c1ccccc1)C(Cc1ccccc1)C(O)c1ccc([N+](=O)[O-])cc1. The first-order valence-corrected chi connectivity index (χ1v) is 8.62. The van der Waals surface area contributed by atoms with E-state index in [1.807, 2.05) is 36.4 Å². The van der Waals surface area contributed by atoms with E-state index in [4.69, 9.17) is 0 Å². The van der Waals surface area contributed by atoms with Gasteiger partial charge < -0.3 is 5.11 Å². The highest BCUT2D eigenvalue weighted by atomic mass is 16.6. The summed E-state index contributed by atoms with van der Waals surface area (Å²) >= 11 is 0. The fourth-order valence-corrected chi connectivity index (χ4v) is 3.06. The first kappa shape index (κ1) is 18.5. The van der Waals surface area contributed by atoms with Crippen molar-refractivity contribution in [2.45, 2.75) is 12.5 Å². The van der Waals surface area contributed by atoms with Crippen molar-refractivity contribution in [3.8, 4) is 0 Å². The van der Waals surface area contributed by atoms with Crippen molar-refractivity contribution in [1.82, 2.24) is 0 Å². The van der Waals surface area contributed by atoms with Gasteiger partial charge in [-0.1, -0.05) is 60.7 Å². The molecule has 3 rings (SSSR count). The Labute approximate surface area is 157 Å². The maximum Gasteiger partial charge on any atom is 0.269 e. The molecule has 5 heteroatoms. The van der Waals surface area contributed by atoms with Crippen LogP contribution in [0.1, 0.15) is 27.6 Å².